The fraction of sp³-hybridized carbons (Fsp3) is 0.273. The average molecular weight is 207 g/mol. The second kappa shape index (κ2) is 4.70. The van der Waals surface area contributed by atoms with Crippen LogP contribution in [0.15, 0.2) is 18.2 Å². The van der Waals surface area contributed by atoms with Crippen LogP contribution in [-0.2, 0) is 11.4 Å². The Bertz CT molecular complexity index is 399. The minimum absolute atomic E-state index is 0.144. The second-order valence-electron chi connectivity index (χ2n) is 3.24. The molecule has 4 nitrogen and oxygen atoms in total. The smallest absolute Gasteiger partial charge is 0.221 e. The molecule has 0 heterocycles. The summed E-state index contributed by atoms with van der Waals surface area (Å²) >= 11 is 0. The zero-order valence-electron chi connectivity index (χ0n) is 8.70. The quantitative estimate of drug-likeness (QED) is 0.735. The van der Waals surface area contributed by atoms with Crippen molar-refractivity contribution >= 4 is 17.4 Å². The van der Waals surface area contributed by atoms with E-state index in [9.17, 15) is 9.59 Å². The van der Waals surface area contributed by atoms with E-state index < -0.39 is 0 Å². The third-order valence-electron chi connectivity index (χ3n) is 2.00. The first-order valence-corrected chi connectivity index (χ1v) is 4.57. The van der Waals surface area contributed by atoms with Gasteiger partial charge in [0.1, 0.15) is 0 Å². The largest absolute Gasteiger partial charge is 0.392 e. The summed E-state index contributed by atoms with van der Waals surface area (Å²) in [7, 11) is 0. The maximum Gasteiger partial charge on any atom is 0.221 e. The van der Waals surface area contributed by atoms with Gasteiger partial charge in [-0.1, -0.05) is 12.1 Å². The summed E-state index contributed by atoms with van der Waals surface area (Å²) in [5, 5.41) is 11.6. The highest BCUT2D eigenvalue weighted by Gasteiger charge is 2.11. The molecule has 0 aliphatic heterocycles. The fourth-order valence-electron chi connectivity index (χ4n) is 1.35. The van der Waals surface area contributed by atoms with Gasteiger partial charge in [0, 0.05) is 18.1 Å². The number of carbonyl (C=O) groups is 2. The Kier molecular flexibility index (Phi) is 3.57. The van der Waals surface area contributed by atoms with Gasteiger partial charge in [0.15, 0.2) is 5.78 Å². The van der Waals surface area contributed by atoms with E-state index in [-0.39, 0.29) is 18.3 Å². The Hall–Kier alpha value is -1.68. The topological polar surface area (TPSA) is 66.4 Å². The lowest BCUT2D eigenvalue weighted by Crippen LogP contribution is -2.12. The van der Waals surface area contributed by atoms with Crippen LogP contribution < -0.4 is 5.32 Å². The van der Waals surface area contributed by atoms with Crippen molar-refractivity contribution in [2.24, 2.45) is 0 Å². The number of ketones is 1. The Balaban J connectivity index is 3.26. The highest BCUT2D eigenvalue weighted by molar-refractivity contribution is 6.04. The number of aliphatic hydroxyl groups is 1. The van der Waals surface area contributed by atoms with Crippen LogP contribution >= 0.6 is 0 Å². The van der Waals surface area contributed by atoms with Crippen LogP contribution in [0.5, 0.6) is 0 Å². The number of benzene rings is 1. The van der Waals surface area contributed by atoms with E-state index in [1.165, 1.54) is 13.8 Å². The number of carbonyl (C=O) groups excluding carboxylic acids is 2. The van der Waals surface area contributed by atoms with Crippen LogP contribution in [0.25, 0.3) is 0 Å². The fourth-order valence-corrected chi connectivity index (χ4v) is 1.35. The lowest BCUT2D eigenvalue weighted by molar-refractivity contribution is -0.114. The van der Waals surface area contributed by atoms with Gasteiger partial charge in [-0.15, -0.1) is 0 Å². The van der Waals surface area contributed by atoms with Crippen molar-refractivity contribution in [2.45, 2.75) is 20.5 Å². The van der Waals surface area contributed by atoms with Gasteiger partial charge in [-0.25, -0.2) is 0 Å². The summed E-state index contributed by atoms with van der Waals surface area (Å²) in [4.78, 5) is 22.2. The first kappa shape index (κ1) is 11.4. The third-order valence-corrected chi connectivity index (χ3v) is 2.00. The van der Waals surface area contributed by atoms with E-state index in [4.69, 9.17) is 5.11 Å². The Morgan fingerprint density at radius 3 is 2.47 bits per heavy atom. The highest BCUT2D eigenvalue weighted by atomic mass is 16.3. The van der Waals surface area contributed by atoms with Gasteiger partial charge < -0.3 is 10.4 Å². The average Bonchev–Trinajstić information content (AvgIpc) is 2.16. The van der Waals surface area contributed by atoms with Gasteiger partial charge in [0.2, 0.25) is 5.91 Å². The molecule has 1 aromatic rings. The van der Waals surface area contributed by atoms with Gasteiger partial charge in [0.05, 0.1) is 12.3 Å². The van der Waals surface area contributed by atoms with Crippen molar-refractivity contribution in [3.63, 3.8) is 0 Å². The summed E-state index contributed by atoms with van der Waals surface area (Å²) in [6.07, 6.45) is 0. The summed E-state index contributed by atoms with van der Waals surface area (Å²) in [5.41, 5.74) is 1.36. The zero-order chi connectivity index (χ0) is 11.4. The van der Waals surface area contributed by atoms with Crippen molar-refractivity contribution in [1.29, 1.82) is 0 Å². The molecule has 15 heavy (non-hydrogen) atoms. The van der Waals surface area contributed by atoms with Crippen LogP contribution in [0.1, 0.15) is 29.8 Å². The molecule has 0 saturated heterocycles. The number of amides is 1. The van der Waals surface area contributed by atoms with Crippen molar-refractivity contribution in [3.05, 3.63) is 29.3 Å². The van der Waals surface area contributed by atoms with Crippen LogP contribution in [-0.4, -0.2) is 16.8 Å². The summed E-state index contributed by atoms with van der Waals surface area (Å²) in [6.45, 7) is 2.57. The molecule has 0 aliphatic rings. The number of nitrogens with one attached hydrogen (secondary N) is 1. The van der Waals surface area contributed by atoms with E-state index >= 15 is 0 Å². The van der Waals surface area contributed by atoms with Gasteiger partial charge in [-0.05, 0) is 13.0 Å². The summed E-state index contributed by atoms with van der Waals surface area (Å²) in [5.74, 6) is -0.410. The van der Waals surface area contributed by atoms with Crippen molar-refractivity contribution in [3.8, 4) is 0 Å². The van der Waals surface area contributed by atoms with Crippen LogP contribution in [0.3, 0.4) is 0 Å². The minimum Gasteiger partial charge on any atom is -0.392 e. The maximum absolute atomic E-state index is 11.3. The highest BCUT2D eigenvalue weighted by Crippen LogP contribution is 2.21. The lowest BCUT2D eigenvalue weighted by Gasteiger charge is -2.11. The molecular weight excluding hydrogens is 194 g/mol. The molecule has 0 fully saturated rings. The second-order valence-corrected chi connectivity index (χ2v) is 3.24. The Labute approximate surface area is 87.9 Å². The van der Waals surface area contributed by atoms with Gasteiger partial charge >= 0.3 is 0 Å². The molecule has 0 aliphatic carbocycles. The van der Waals surface area contributed by atoms with Gasteiger partial charge in [-0.2, -0.15) is 0 Å². The maximum atomic E-state index is 11.3. The Morgan fingerprint density at radius 1 is 1.33 bits per heavy atom. The molecule has 1 rings (SSSR count). The third kappa shape index (κ3) is 2.63. The van der Waals surface area contributed by atoms with Crippen LogP contribution in [0.4, 0.5) is 5.69 Å². The molecule has 0 atom stereocenters. The SMILES string of the molecule is CC(=O)Nc1c(CO)cccc1C(C)=O. The monoisotopic (exact) mass is 207 g/mol. The predicted molar refractivity (Wildman–Crippen MR) is 56.7 cm³/mol. The molecule has 0 spiro atoms. The standard InChI is InChI=1S/C11H13NO3/c1-7(14)10-5-3-4-9(6-13)11(10)12-8(2)15/h3-5,13H,6H2,1-2H3,(H,12,15). The normalized spacial score (nSPS) is 9.80. The zero-order valence-corrected chi connectivity index (χ0v) is 8.70. The molecule has 0 aromatic heterocycles. The molecule has 0 radical (unpaired) electrons. The lowest BCUT2D eigenvalue weighted by atomic mass is 10.0. The number of Topliss-reactive ketones (excluding diaryl/α,β-unsaturated/α-hetero) is 1. The van der Waals surface area contributed by atoms with Crippen molar-refractivity contribution in [1.82, 2.24) is 0 Å². The number of anilines is 1. The van der Waals surface area contributed by atoms with Gasteiger partial charge in [-0.3, -0.25) is 9.59 Å². The summed E-state index contributed by atoms with van der Waals surface area (Å²) in [6, 6.07) is 4.96. The number of rotatable bonds is 3. The van der Waals surface area contributed by atoms with E-state index in [0.29, 0.717) is 16.8 Å². The summed E-state index contributed by atoms with van der Waals surface area (Å²) < 4.78 is 0. The van der Waals surface area contributed by atoms with E-state index in [1.54, 1.807) is 18.2 Å². The molecule has 0 bridgehead atoms. The number of aliphatic hydroxyl groups excluding tert-OH is 1. The van der Waals surface area contributed by atoms with E-state index in [1.807, 2.05) is 0 Å². The first-order valence-electron chi connectivity index (χ1n) is 4.57. The molecule has 1 aromatic carbocycles. The molecule has 0 saturated carbocycles. The molecule has 2 N–H and O–H groups in total. The van der Waals surface area contributed by atoms with Crippen molar-refractivity contribution < 1.29 is 14.7 Å². The van der Waals surface area contributed by atoms with E-state index in [2.05, 4.69) is 5.32 Å². The number of hydrogen-bond acceptors (Lipinski definition) is 3. The van der Waals surface area contributed by atoms with Crippen LogP contribution in [0, 0.1) is 0 Å². The first-order chi connectivity index (χ1) is 7.06. The number of para-hydroxylation sites is 1. The predicted octanol–water partition coefficient (Wildman–Crippen LogP) is 1.34. The molecule has 4 heteroatoms. The van der Waals surface area contributed by atoms with Gasteiger partial charge in [0.25, 0.3) is 0 Å². The van der Waals surface area contributed by atoms with Crippen molar-refractivity contribution in [2.75, 3.05) is 5.32 Å². The Morgan fingerprint density at radius 2 is 2.00 bits per heavy atom. The number of hydrogen-bond donors (Lipinski definition) is 2. The van der Waals surface area contributed by atoms with E-state index in [0.717, 1.165) is 0 Å². The molecular formula is C11H13NO3. The van der Waals surface area contributed by atoms with Crippen LogP contribution in [0.2, 0.25) is 0 Å². The molecule has 80 valence electrons. The minimum atomic E-state index is -0.265. The molecule has 1 amide bonds. The molecule has 0 unspecified atom stereocenters.